The van der Waals surface area contributed by atoms with Gasteiger partial charge >= 0.3 is 0 Å². The Balaban J connectivity index is 3.14. The summed E-state index contributed by atoms with van der Waals surface area (Å²) in [6, 6.07) is 0. The summed E-state index contributed by atoms with van der Waals surface area (Å²) in [6.45, 7) is 4.53. The topological polar surface area (TPSA) is 12.0 Å². The lowest BCUT2D eigenvalue weighted by Gasteiger charge is -1.97. The van der Waals surface area contributed by atoms with Gasteiger partial charge in [0, 0.05) is 0 Å². The van der Waals surface area contributed by atoms with Crippen molar-refractivity contribution in [2.75, 3.05) is 0 Å². The van der Waals surface area contributed by atoms with Gasteiger partial charge in [0.1, 0.15) is 0 Å². The standard InChI is InChI=1S/C18H35N/c1-3-5-7-9-11-12-14-16-18-19-17-15-13-10-8-6-4-2/h15-19H,3-14H2,1-2H3/b17-15-,18-16-. The molecule has 1 heteroatoms. The lowest BCUT2D eigenvalue weighted by molar-refractivity contribution is 0.611. The zero-order chi connectivity index (χ0) is 14.0. The first-order chi connectivity index (χ1) is 9.41. The van der Waals surface area contributed by atoms with Crippen molar-refractivity contribution in [2.24, 2.45) is 0 Å². The molecule has 1 nitrogen and oxygen atoms in total. The molecule has 0 amide bonds. The quantitative estimate of drug-likeness (QED) is 0.362. The first-order valence-corrected chi connectivity index (χ1v) is 8.47. The molecule has 0 saturated heterocycles. The number of allylic oxidation sites excluding steroid dienone is 2. The van der Waals surface area contributed by atoms with Crippen molar-refractivity contribution in [3.05, 3.63) is 24.6 Å². The molecular formula is C18H35N. The van der Waals surface area contributed by atoms with E-state index in [1.165, 1.54) is 77.0 Å². The van der Waals surface area contributed by atoms with Crippen LogP contribution in [-0.2, 0) is 0 Å². The molecule has 0 aromatic heterocycles. The number of rotatable bonds is 14. The van der Waals surface area contributed by atoms with Gasteiger partial charge in [0.2, 0.25) is 0 Å². The van der Waals surface area contributed by atoms with E-state index >= 15 is 0 Å². The first kappa shape index (κ1) is 18.3. The molecule has 0 atom stereocenters. The minimum Gasteiger partial charge on any atom is -0.368 e. The average molecular weight is 265 g/mol. The summed E-state index contributed by atoms with van der Waals surface area (Å²) in [6.07, 6.45) is 24.7. The molecule has 0 aromatic rings. The molecule has 0 bridgehead atoms. The number of unbranched alkanes of at least 4 members (excludes halogenated alkanes) is 10. The highest BCUT2D eigenvalue weighted by atomic mass is 14.8. The van der Waals surface area contributed by atoms with E-state index in [9.17, 15) is 0 Å². The summed E-state index contributed by atoms with van der Waals surface area (Å²) < 4.78 is 0. The van der Waals surface area contributed by atoms with Crippen molar-refractivity contribution < 1.29 is 0 Å². The van der Waals surface area contributed by atoms with Crippen LogP contribution in [0.5, 0.6) is 0 Å². The maximum absolute atomic E-state index is 3.23. The Morgan fingerprint density at radius 3 is 1.53 bits per heavy atom. The minimum absolute atomic E-state index is 1.21. The molecule has 0 aliphatic heterocycles. The summed E-state index contributed by atoms with van der Waals surface area (Å²) in [7, 11) is 0. The van der Waals surface area contributed by atoms with E-state index in [0.717, 1.165) is 0 Å². The molecule has 19 heavy (non-hydrogen) atoms. The highest BCUT2D eigenvalue weighted by Crippen LogP contribution is 2.07. The van der Waals surface area contributed by atoms with Crippen LogP contribution in [0, 0.1) is 0 Å². The van der Waals surface area contributed by atoms with Gasteiger partial charge in [-0.15, -0.1) is 0 Å². The van der Waals surface area contributed by atoms with E-state index in [-0.39, 0.29) is 0 Å². The highest BCUT2D eigenvalue weighted by molar-refractivity contribution is 4.88. The van der Waals surface area contributed by atoms with Crippen molar-refractivity contribution in [1.29, 1.82) is 0 Å². The minimum atomic E-state index is 1.21. The molecule has 0 aromatic carbocycles. The second-order valence-electron chi connectivity index (χ2n) is 5.38. The molecule has 0 spiro atoms. The van der Waals surface area contributed by atoms with Crippen LogP contribution in [0.1, 0.15) is 90.9 Å². The normalized spacial score (nSPS) is 11.7. The van der Waals surface area contributed by atoms with E-state index in [1.807, 2.05) is 0 Å². The van der Waals surface area contributed by atoms with E-state index in [4.69, 9.17) is 0 Å². The van der Waals surface area contributed by atoms with Crippen LogP contribution >= 0.6 is 0 Å². The van der Waals surface area contributed by atoms with Crippen molar-refractivity contribution in [3.8, 4) is 0 Å². The molecule has 0 aliphatic carbocycles. The zero-order valence-electron chi connectivity index (χ0n) is 13.3. The average Bonchev–Trinajstić information content (AvgIpc) is 2.43. The Kier molecular flexibility index (Phi) is 16.6. The fraction of sp³-hybridized carbons (Fsp3) is 0.778. The van der Waals surface area contributed by atoms with Crippen LogP contribution < -0.4 is 5.32 Å². The third-order valence-corrected chi connectivity index (χ3v) is 3.38. The van der Waals surface area contributed by atoms with E-state index in [2.05, 4.69) is 43.7 Å². The largest absolute Gasteiger partial charge is 0.368 e. The lowest BCUT2D eigenvalue weighted by Crippen LogP contribution is -1.91. The predicted molar refractivity (Wildman–Crippen MR) is 88.2 cm³/mol. The van der Waals surface area contributed by atoms with Crippen molar-refractivity contribution in [2.45, 2.75) is 90.9 Å². The van der Waals surface area contributed by atoms with Gasteiger partial charge in [-0.1, -0.05) is 77.4 Å². The van der Waals surface area contributed by atoms with Gasteiger partial charge in [-0.25, -0.2) is 0 Å². The Morgan fingerprint density at radius 2 is 1.00 bits per heavy atom. The Hall–Kier alpha value is -0.720. The number of hydrogen-bond donors (Lipinski definition) is 1. The molecule has 0 rings (SSSR count). The van der Waals surface area contributed by atoms with E-state index in [0.29, 0.717) is 0 Å². The second kappa shape index (κ2) is 17.3. The first-order valence-electron chi connectivity index (χ1n) is 8.47. The SMILES string of the molecule is CCCCCC/C=C\N/C=C\CCCCCCCC. The maximum atomic E-state index is 3.23. The third kappa shape index (κ3) is 17.3. The fourth-order valence-electron chi connectivity index (χ4n) is 2.09. The Bertz CT molecular complexity index is 206. The van der Waals surface area contributed by atoms with E-state index < -0.39 is 0 Å². The molecule has 0 radical (unpaired) electrons. The molecular weight excluding hydrogens is 230 g/mol. The number of nitrogens with one attached hydrogen (secondary N) is 1. The lowest BCUT2D eigenvalue weighted by atomic mass is 10.1. The Labute approximate surface area is 121 Å². The van der Waals surface area contributed by atoms with E-state index in [1.54, 1.807) is 0 Å². The van der Waals surface area contributed by atoms with Gasteiger partial charge in [-0.3, -0.25) is 0 Å². The molecule has 0 fully saturated rings. The summed E-state index contributed by atoms with van der Waals surface area (Å²) in [4.78, 5) is 0. The second-order valence-corrected chi connectivity index (χ2v) is 5.38. The highest BCUT2D eigenvalue weighted by Gasteiger charge is 1.87. The van der Waals surface area contributed by atoms with Gasteiger partial charge in [-0.2, -0.15) is 0 Å². The summed E-state index contributed by atoms with van der Waals surface area (Å²) in [5.41, 5.74) is 0. The monoisotopic (exact) mass is 265 g/mol. The van der Waals surface area contributed by atoms with Gasteiger partial charge < -0.3 is 5.32 Å². The number of hydrogen-bond acceptors (Lipinski definition) is 1. The molecule has 0 aliphatic rings. The fourth-order valence-corrected chi connectivity index (χ4v) is 2.09. The zero-order valence-corrected chi connectivity index (χ0v) is 13.3. The molecule has 0 unspecified atom stereocenters. The van der Waals surface area contributed by atoms with Crippen LogP contribution in [0.3, 0.4) is 0 Å². The van der Waals surface area contributed by atoms with Crippen LogP contribution in [0.25, 0.3) is 0 Å². The van der Waals surface area contributed by atoms with Crippen LogP contribution in [0.4, 0.5) is 0 Å². The van der Waals surface area contributed by atoms with Crippen LogP contribution in [0.2, 0.25) is 0 Å². The summed E-state index contributed by atoms with van der Waals surface area (Å²) in [5, 5.41) is 3.23. The molecule has 1 N–H and O–H groups in total. The summed E-state index contributed by atoms with van der Waals surface area (Å²) in [5.74, 6) is 0. The van der Waals surface area contributed by atoms with Crippen LogP contribution in [0.15, 0.2) is 24.6 Å². The third-order valence-electron chi connectivity index (χ3n) is 3.38. The summed E-state index contributed by atoms with van der Waals surface area (Å²) >= 11 is 0. The van der Waals surface area contributed by atoms with Gasteiger partial charge in [-0.05, 0) is 38.1 Å². The maximum Gasteiger partial charge on any atom is -0.00358 e. The predicted octanol–water partition coefficient (Wildman–Crippen LogP) is 6.32. The molecule has 112 valence electrons. The molecule has 0 saturated carbocycles. The van der Waals surface area contributed by atoms with Crippen molar-refractivity contribution >= 4 is 0 Å². The van der Waals surface area contributed by atoms with Gasteiger partial charge in [0.05, 0.1) is 0 Å². The van der Waals surface area contributed by atoms with Crippen molar-refractivity contribution in [3.63, 3.8) is 0 Å². The molecule has 0 heterocycles. The Morgan fingerprint density at radius 1 is 0.579 bits per heavy atom. The van der Waals surface area contributed by atoms with Gasteiger partial charge in [0.15, 0.2) is 0 Å². The smallest absolute Gasteiger partial charge is 0.00358 e. The van der Waals surface area contributed by atoms with Gasteiger partial charge in [0.25, 0.3) is 0 Å². The van der Waals surface area contributed by atoms with Crippen molar-refractivity contribution in [1.82, 2.24) is 5.32 Å². The van der Waals surface area contributed by atoms with Crippen LogP contribution in [-0.4, -0.2) is 0 Å².